The number of aryl methyl sites for hydroxylation is 1. The van der Waals surface area contributed by atoms with Crippen LogP contribution in [0.15, 0.2) is 53.1 Å². The molecular weight excluding hydrogens is 332 g/mol. The third-order valence-electron chi connectivity index (χ3n) is 3.30. The van der Waals surface area contributed by atoms with Gasteiger partial charge in [0.25, 0.3) is 0 Å². The second-order valence-electron chi connectivity index (χ2n) is 4.74. The van der Waals surface area contributed by atoms with E-state index in [1.165, 1.54) is 0 Å². The molecule has 0 fully saturated rings. The van der Waals surface area contributed by atoms with Crippen molar-refractivity contribution in [3.63, 3.8) is 0 Å². The fourth-order valence-electron chi connectivity index (χ4n) is 2.36. The summed E-state index contributed by atoms with van der Waals surface area (Å²) in [6.45, 7) is 0. The van der Waals surface area contributed by atoms with E-state index in [0.29, 0.717) is 6.42 Å². The first-order valence-electron chi connectivity index (χ1n) is 6.59. The molecule has 0 atom stereocenters. The van der Waals surface area contributed by atoms with Crippen LogP contribution in [0.3, 0.4) is 0 Å². The number of nitrogens with zero attached hydrogens (tertiary/aromatic N) is 2. The Morgan fingerprint density at radius 1 is 1.19 bits per heavy atom. The summed E-state index contributed by atoms with van der Waals surface area (Å²) >= 11 is 3.45. The van der Waals surface area contributed by atoms with Gasteiger partial charge >= 0.3 is 5.97 Å². The highest BCUT2D eigenvalue weighted by atomic mass is 79.9. The van der Waals surface area contributed by atoms with Gasteiger partial charge in [0.15, 0.2) is 0 Å². The Morgan fingerprint density at radius 2 is 1.95 bits per heavy atom. The third-order valence-corrected chi connectivity index (χ3v) is 3.77. The number of aromatic nitrogens is 2. The molecule has 21 heavy (non-hydrogen) atoms. The molecule has 4 nitrogen and oxygen atoms in total. The van der Waals surface area contributed by atoms with Crippen LogP contribution in [0.2, 0.25) is 0 Å². The number of carboxylic acids is 1. The van der Waals surface area contributed by atoms with Crippen LogP contribution in [0.1, 0.15) is 12.1 Å². The van der Waals surface area contributed by atoms with Crippen molar-refractivity contribution in [3.05, 3.63) is 58.8 Å². The third kappa shape index (κ3) is 2.83. The van der Waals surface area contributed by atoms with Crippen molar-refractivity contribution in [2.75, 3.05) is 0 Å². The number of carboxylic acid groups (broad SMARTS) is 1. The normalized spacial score (nSPS) is 10.9. The Labute approximate surface area is 130 Å². The first-order valence-corrected chi connectivity index (χ1v) is 7.38. The van der Waals surface area contributed by atoms with Gasteiger partial charge in [-0.25, -0.2) is 4.98 Å². The van der Waals surface area contributed by atoms with Crippen molar-refractivity contribution in [1.29, 1.82) is 0 Å². The van der Waals surface area contributed by atoms with Gasteiger partial charge < -0.3 is 9.51 Å². The van der Waals surface area contributed by atoms with Gasteiger partial charge in [0.2, 0.25) is 0 Å². The molecule has 2 aromatic heterocycles. The summed E-state index contributed by atoms with van der Waals surface area (Å²) in [5.74, 6) is -0.807. The SMILES string of the molecule is O=C(O)CCc1c(-c2ccccc2)nc2ccc(Br)cn12. The van der Waals surface area contributed by atoms with Crippen molar-refractivity contribution in [3.8, 4) is 11.3 Å². The molecule has 2 heterocycles. The van der Waals surface area contributed by atoms with E-state index in [0.717, 1.165) is 27.1 Å². The molecule has 0 saturated heterocycles. The zero-order valence-corrected chi connectivity index (χ0v) is 12.7. The number of aliphatic carboxylic acids is 1. The molecule has 5 heteroatoms. The lowest BCUT2D eigenvalue weighted by Crippen LogP contribution is -2.01. The van der Waals surface area contributed by atoms with E-state index >= 15 is 0 Å². The Balaban J connectivity index is 2.18. The number of halogens is 1. The van der Waals surface area contributed by atoms with Crippen molar-refractivity contribution < 1.29 is 9.90 Å². The first kappa shape index (κ1) is 13.8. The summed E-state index contributed by atoms with van der Waals surface area (Å²) in [5, 5.41) is 8.96. The van der Waals surface area contributed by atoms with Crippen LogP contribution in [0.25, 0.3) is 16.9 Å². The lowest BCUT2D eigenvalue weighted by atomic mass is 10.1. The molecule has 0 aliphatic carbocycles. The highest BCUT2D eigenvalue weighted by Crippen LogP contribution is 2.26. The molecule has 0 aliphatic heterocycles. The highest BCUT2D eigenvalue weighted by molar-refractivity contribution is 9.10. The molecule has 0 spiro atoms. The monoisotopic (exact) mass is 344 g/mol. The number of rotatable bonds is 4. The number of pyridine rings is 1. The minimum absolute atomic E-state index is 0.0835. The lowest BCUT2D eigenvalue weighted by molar-refractivity contribution is -0.136. The summed E-state index contributed by atoms with van der Waals surface area (Å²) in [5.41, 5.74) is 3.57. The molecule has 3 rings (SSSR count). The fraction of sp³-hybridized carbons (Fsp3) is 0.125. The number of carbonyl (C=O) groups is 1. The first-order chi connectivity index (χ1) is 10.1. The van der Waals surface area contributed by atoms with Gasteiger partial charge in [0.1, 0.15) is 5.65 Å². The molecule has 0 aliphatic rings. The van der Waals surface area contributed by atoms with Gasteiger partial charge in [-0.2, -0.15) is 0 Å². The topological polar surface area (TPSA) is 54.6 Å². The van der Waals surface area contributed by atoms with E-state index in [1.54, 1.807) is 0 Å². The Kier molecular flexibility index (Phi) is 3.75. The molecule has 0 amide bonds. The highest BCUT2D eigenvalue weighted by Gasteiger charge is 2.15. The second kappa shape index (κ2) is 5.69. The molecule has 106 valence electrons. The summed E-state index contributed by atoms with van der Waals surface area (Å²) in [4.78, 5) is 15.6. The molecule has 0 radical (unpaired) electrons. The summed E-state index contributed by atoms with van der Waals surface area (Å²) in [6, 6.07) is 13.7. The molecule has 0 saturated carbocycles. The number of hydrogen-bond acceptors (Lipinski definition) is 2. The summed E-state index contributed by atoms with van der Waals surface area (Å²) in [6.07, 6.45) is 2.45. The van der Waals surface area contributed by atoms with Crippen LogP contribution in [-0.4, -0.2) is 20.5 Å². The van der Waals surface area contributed by atoms with Crippen molar-refractivity contribution in [2.45, 2.75) is 12.8 Å². The average Bonchev–Trinajstić information content (AvgIpc) is 2.84. The van der Waals surface area contributed by atoms with E-state index in [2.05, 4.69) is 20.9 Å². The molecule has 1 N–H and O–H groups in total. The quantitative estimate of drug-likeness (QED) is 0.783. The van der Waals surface area contributed by atoms with Crippen molar-refractivity contribution in [2.24, 2.45) is 0 Å². The van der Waals surface area contributed by atoms with Crippen LogP contribution in [0.5, 0.6) is 0 Å². The van der Waals surface area contributed by atoms with Crippen LogP contribution in [0.4, 0.5) is 0 Å². The van der Waals surface area contributed by atoms with Gasteiger partial charge in [-0.15, -0.1) is 0 Å². The molecule has 1 aromatic carbocycles. The zero-order valence-electron chi connectivity index (χ0n) is 11.2. The Morgan fingerprint density at radius 3 is 2.67 bits per heavy atom. The molecule has 0 unspecified atom stereocenters. The number of benzene rings is 1. The predicted molar refractivity (Wildman–Crippen MR) is 84.3 cm³/mol. The maximum Gasteiger partial charge on any atom is 0.303 e. The van der Waals surface area contributed by atoms with E-state index in [-0.39, 0.29) is 6.42 Å². The van der Waals surface area contributed by atoms with Gasteiger partial charge in [0, 0.05) is 22.7 Å². The van der Waals surface area contributed by atoms with Gasteiger partial charge in [-0.1, -0.05) is 30.3 Å². The van der Waals surface area contributed by atoms with E-state index in [1.807, 2.05) is 53.1 Å². The van der Waals surface area contributed by atoms with E-state index in [9.17, 15) is 4.79 Å². The maximum atomic E-state index is 10.9. The van der Waals surface area contributed by atoms with Gasteiger partial charge in [0.05, 0.1) is 17.8 Å². The Bertz CT molecular complexity index is 797. The number of hydrogen-bond donors (Lipinski definition) is 1. The van der Waals surface area contributed by atoms with Crippen LogP contribution in [-0.2, 0) is 11.2 Å². The molecular formula is C16H13BrN2O2. The predicted octanol–water partition coefficient (Wildman–Crippen LogP) is 3.78. The minimum atomic E-state index is -0.807. The van der Waals surface area contributed by atoms with Crippen molar-refractivity contribution >= 4 is 27.5 Å². The zero-order chi connectivity index (χ0) is 14.8. The van der Waals surface area contributed by atoms with E-state index < -0.39 is 5.97 Å². The van der Waals surface area contributed by atoms with Crippen LogP contribution < -0.4 is 0 Å². The lowest BCUT2D eigenvalue weighted by Gasteiger charge is -2.04. The number of imidazole rings is 1. The minimum Gasteiger partial charge on any atom is -0.481 e. The fourth-order valence-corrected chi connectivity index (χ4v) is 2.70. The average molecular weight is 345 g/mol. The summed E-state index contributed by atoms with van der Waals surface area (Å²) in [7, 11) is 0. The van der Waals surface area contributed by atoms with Crippen LogP contribution in [0, 0.1) is 0 Å². The maximum absolute atomic E-state index is 10.9. The summed E-state index contributed by atoms with van der Waals surface area (Å²) < 4.78 is 2.89. The van der Waals surface area contributed by atoms with Crippen molar-refractivity contribution in [1.82, 2.24) is 9.38 Å². The Hall–Kier alpha value is -2.14. The van der Waals surface area contributed by atoms with Gasteiger partial charge in [-0.05, 0) is 28.1 Å². The largest absolute Gasteiger partial charge is 0.481 e. The number of fused-ring (bicyclic) bond motifs is 1. The standard InChI is InChI=1S/C16H13BrN2O2/c17-12-6-8-14-18-16(11-4-2-1-3-5-11)13(19(14)10-12)7-9-15(20)21/h1-6,8,10H,7,9H2,(H,20,21). The molecule has 0 bridgehead atoms. The smallest absolute Gasteiger partial charge is 0.303 e. The molecule has 3 aromatic rings. The van der Waals surface area contributed by atoms with Gasteiger partial charge in [-0.3, -0.25) is 4.79 Å². The van der Waals surface area contributed by atoms with Crippen LogP contribution >= 0.6 is 15.9 Å². The van der Waals surface area contributed by atoms with E-state index in [4.69, 9.17) is 5.11 Å². The second-order valence-corrected chi connectivity index (χ2v) is 5.66.